The molecule has 0 spiro atoms. The molecule has 7 nitrogen and oxygen atoms in total. The lowest BCUT2D eigenvalue weighted by molar-refractivity contribution is -0.141. The fraction of sp³-hybridized carbons (Fsp3) is 0.462. The van der Waals surface area contributed by atoms with Crippen LogP contribution in [0.15, 0.2) is 23.0 Å². The molecule has 124 valence electrons. The van der Waals surface area contributed by atoms with E-state index in [1.165, 1.54) is 17.2 Å². The van der Waals surface area contributed by atoms with Gasteiger partial charge in [0, 0.05) is 25.1 Å². The number of carbonyl (C=O) groups is 1. The highest BCUT2D eigenvalue weighted by molar-refractivity contribution is 5.88. The van der Waals surface area contributed by atoms with Gasteiger partial charge in [-0.2, -0.15) is 13.2 Å². The summed E-state index contributed by atoms with van der Waals surface area (Å²) in [5.74, 6) is 0.272. The minimum atomic E-state index is -4.45. The summed E-state index contributed by atoms with van der Waals surface area (Å²) in [6, 6.07) is 1.13. The van der Waals surface area contributed by atoms with E-state index in [0.29, 0.717) is 19.4 Å². The summed E-state index contributed by atoms with van der Waals surface area (Å²) in [5.41, 5.74) is -0.878. The number of aromatic nitrogens is 3. The van der Waals surface area contributed by atoms with Crippen LogP contribution in [0.5, 0.6) is 0 Å². The lowest BCUT2D eigenvalue weighted by Crippen LogP contribution is -2.41. The lowest BCUT2D eigenvalue weighted by Gasteiger charge is -2.31. The first-order valence-corrected chi connectivity index (χ1v) is 7.02. The van der Waals surface area contributed by atoms with E-state index in [1.807, 2.05) is 0 Å². The number of likely N-dealkylation sites (tertiary alicyclic amines) is 1. The molecule has 1 aliphatic heterocycles. The summed E-state index contributed by atoms with van der Waals surface area (Å²) < 4.78 is 42.5. The molecule has 0 aliphatic carbocycles. The molecular weight excluding hydrogens is 315 g/mol. The zero-order chi connectivity index (χ0) is 16.4. The van der Waals surface area contributed by atoms with Crippen molar-refractivity contribution in [2.75, 3.05) is 18.4 Å². The Balaban J connectivity index is 1.66. The molecule has 0 radical (unpaired) electrons. The third-order valence-corrected chi connectivity index (χ3v) is 3.67. The number of rotatable bonds is 2. The SMILES string of the molecule is O=C(Nc1ccon1)N1CCC[C@@H](c2ncc(C(F)(F)F)[nH]2)C1. The van der Waals surface area contributed by atoms with Crippen LogP contribution in [0.25, 0.3) is 0 Å². The standard InChI is InChI=1S/C13H14F3N5O2/c14-13(15,16)9-6-17-11(18-9)8-2-1-4-21(7-8)12(22)19-10-3-5-23-20-10/h3,5-6,8H,1-2,4,7H2,(H,17,18)(H,19,20,22)/t8-/m1/s1. The number of hydrogen-bond acceptors (Lipinski definition) is 4. The van der Waals surface area contributed by atoms with E-state index in [1.54, 1.807) is 0 Å². The number of alkyl halides is 3. The molecule has 1 fully saturated rings. The molecule has 2 aromatic heterocycles. The van der Waals surface area contributed by atoms with Crippen molar-refractivity contribution in [3.05, 3.63) is 30.0 Å². The maximum atomic E-state index is 12.6. The number of H-pyrrole nitrogens is 1. The van der Waals surface area contributed by atoms with Crippen LogP contribution in [0.1, 0.15) is 30.3 Å². The minimum absolute atomic E-state index is 0.247. The second-order valence-corrected chi connectivity index (χ2v) is 5.28. The number of nitrogens with zero attached hydrogens (tertiary/aromatic N) is 3. The van der Waals surface area contributed by atoms with Crippen LogP contribution >= 0.6 is 0 Å². The third kappa shape index (κ3) is 3.46. The van der Waals surface area contributed by atoms with Gasteiger partial charge in [0.2, 0.25) is 0 Å². The molecule has 3 heterocycles. The van der Waals surface area contributed by atoms with Crippen molar-refractivity contribution < 1.29 is 22.5 Å². The smallest absolute Gasteiger partial charge is 0.363 e. The van der Waals surface area contributed by atoms with Crippen LogP contribution in [0, 0.1) is 0 Å². The van der Waals surface area contributed by atoms with Crippen molar-refractivity contribution in [3.63, 3.8) is 0 Å². The zero-order valence-corrected chi connectivity index (χ0v) is 11.9. The Bertz CT molecular complexity index is 667. The molecule has 23 heavy (non-hydrogen) atoms. The summed E-state index contributed by atoms with van der Waals surface area (Å²) in [4.78, 5) is 19.8. The molecule has 0 aromatic carbocycles. The van der Waals surface area contributed by atoms with E-state index < -0.39 is 11.9 Å². The van der Waals surface area contributed by atoms with Gasteiger partial charge in [-0.1, -0.05) is 5.16 Å². The van der Waals surface area contributed by atoms with Gasteiger partial charge in [0.15, 0.2) is 5.82 Å². The number of imidazole rings is 1. The van der Waals surface area contributed by atoms with Gasteiger partial charge in [-0.05, 0) is 12.8 Å². The van der Waals surface area contributed by atoms with Gasteiger partial charge >= 0.3 is 12.2 Å². The normalized spacial score (nSPS) is 18.9. The summed E-state index contributed by atoms with van der Waals surface area (Å²) in [5, 5.41) is 6.15. The van der Waals surface area contributed by atoms with Gasteiger partial charge in [-0.3, -0.25) is 5.32 Å². The van der Waals surface area contributed by atoms with Gasteiger partial charge in [-0.25, -0.2) is 9.78 Å². The van der Waals surface area contributed by atoms with Crippen molar-refractivity contribution in [2.24, 2.45) is 0 Å². The van der Waals surface area contributed by atoms with E-state index in [0.717, 1.165) is 6.20 Å². The van der Waals surface area contributed by atoms with Gasteiger partial charge in [0.1, 0.15) is 17.8 Å². The second-order valence-electron chi connectivity index (χ2n) is 5.28. The van der Waals surface area contributed by atoms with Gasteiger partial charge in [0.05, 0.1) is 6.20 Å². The number of aromatic amines is 1. The van der Waals surface area contributed by atoms with E-state index in [9.17, 15) is 18.0 Å². The Morgan fingerprint density at radius 3 is 2.96 bits per heavy atom. The maximum absolute atomic E-state index is 12.6. The number of urea groups is 1. The van der Waals surface area contributed by atoms with Gasteiger partial charge < -0.3 is 14.4 Å². The molecule has 0 saturated carbocycles. The average Bonchev–Trinajstić information content (AvgIpc) is 3.18. The highest BCUT2D eigenvalue weighted by atomic mass is 19.4. The Morgan fingerprint density at radius 1 is 1.48 bits per heavy atom. The molecule has 1 atom stereocenters. The predicted octanol–water partition coefficient (Wildman–Crippen LogP) is 2.83. The van der Waals surface area contributed by atoms with E-state index in [2.05, 4.69) is 25.0 Å². The number of amides is 2. The highest BCUT2D eigenvalue weighted by Crippen LogP contribution is 2.31. The first-order valence-electron chi connectivity index (χ1n) is 7.02. The largest absolute Gasteiger partial charge is 0.432 e. The fourth-order valence-electron chi connectivity index (χ4n) is 2.54. The molecule has 3 rings (SSSR count). The summed E-state index contributed by atoms with van der Waals surface area (Å²) in [6.45, 7) is 0.807. The number of halogens is 3. The van der Waals surface area contributed by atoms with E-state index in [4.69, 9.17) is 0 Å². The number of hydrogen-bond donors (Lipinski definition) is 2. The Hall–Kier alpha value is -2.52. The van der Waals surface area contributed by atoms with Crippen molar-refractivity contribution >= 4 is 11.8 Å². The predicted molar refractivity (Wildman–Crippen MR) is 72.7 cm³/mol. The molecule has 1 saturated heterocycles. The second kappa shape index (κ2) is 5.94. The first-order chi connectivity index (χ1) is 10.9. The summed E-state index contributed by atoms with van der Waals surface area (Å²) in [6.07, 6.45) is -0.999. The first kappa shape index (κ1) is 15.4. The molecule has 2 amide bonds. The number of nitrogens with one attached hydrogen (secondary N) is 2. The van der Waals surface area contributed by atoms with E-state index >= 15 is 0 Å². The quantitative estimate of drug-likeness (QED) is 0.887. The van der Waals surface area contributed by atoms with Crippen LogP contribution < -0.4 is 5.32 Å². The van der Waals surface area contributed by atoms with Gasteiger partial charge in [0.25, 0.3) is 0 Å². The molecule has 10 heteroatoms. The van der Waals surface area contributed by atoms with Crippen molar-refractivity contribution in [3.8, 4) is 0 Å². The average molecular weight is 329 g/mol. The molecular formula is C13H14F3N5O2. The van der Waals surface area contributed by atoms with Crippen molar-refractivity contribution in [1.29, 1.82) is 0 Å². The maximum Gasteiger partial charge on any atom is 0.432 e. The Morgan fingerprint density at radius 2 is 2.30 bits per heavy atom. The summed E-state index contributed by atoms with van der Waals surface area (Å²) in [7, 11) is 0. The van der Waals surface area contributed by atoms with Crippen LogP contribution in [0.3, 0.4) is 0 Å². The Labute approximate surface area is 128 Å². The lowest BCUT2D eigenvalue weighted by atomic mass is 9.97. The third-order valence-electron chi connectivity index (χ3n) is 3.67. The summed E-state index contributed by atoms with van der Waals surface area (Å²) >= 11 is 0. The van der Waals surface area contributed by atoms with Crippen LogP contribution in [-0.4, -0.2) is 39.1 Å². The van der Waals surface area contributed by atoms with E-state index in [-0.39, 0.29) is 30.1 Å². The minimum Gasteiger partial charge on any atom is -0.363 e. The monoisotopic (exact) mass is 329 g/mol. The number of carbonyl (C=O) groups excluding carboxylic acids is 1. The topological polar surface area (TPSA) is 87.1 Å². The molecule has 0 unspecified atom stereocenters. The van der Waals surface area contributed by atoms with Crippen LogP contribution in [-0.2, 0) is 6.18 Å². The van der Waals surface area contributed by atoms with Crippen LogP contribution in [0.4, 0.5) is 23.8 Å². The fourth-order valence-corrected chi connectivity index (χ4v) is 2.54. The zero-order valence-electron chi connectivity index (χ0n) is 11.9. The number of piperidine rings is 1. The Kier molecular flexibility index (Phi) is 3.97. The van der Waals surface area contributed by atoms with Gasteiger partial charge in [-0.15, -0.1) is 0 Å². The molecule has 2 aromatic rings. The van der Waals surface area contributed by atoms with Crippen molar-refractivity contribution in [1.82, 2.24) is 20.0 Å². The molecule has 0 bridgehead atoms. The van der Waals surface area contributed by atoms with Crippen LogP contribution in [0.2, 0.25) is 0 Å². The molecule has 1 aliphatic rings. The number of anilines is 1. The van der Waals surface area contributed by atoms with Crippen molar-refractivity contribution in [2.45, 2.75) is 24.9 Å². The molecule has 2 N–H and O–H groups in total. The highest BCUT2D eigenvalue weighted by Gasteiger charge is 2.34.